The maximum atomic E-state index is 12.7. The number of aliphatic hydroxyl groups excluding tert-OH is 1. The molecule has 0 aromatic rings. The third kappa shape index (κ3) is 3.88. The van der Waals surface area contributed by atoms with Crippen LogP contribution < -0.4 is 0 Å². The van der Waals surface area contributed by atoms with E-state index in [1.165, 1.54) is 48.0 Å². The zero-order valence-electron chi connectivity index (χ0n) is 23.4. The molecular weight excluding hydrogens is 432 g/mol. The lowest BCUT2D eigenvalue weighted by Gasteiger charge is -2.59. The molecule has 1 N–H and O–H groups in total. The molecule has 35 heavy (non-hydrogen) atoms. The van der Waals surface area contributed by atoms with E-state index in [0.29, 0.717) is 47.6 Å². The summed E-state index contributed by atoms with van der Waals surface area (Å²) in [6.07, 6.45) is 12.8. The van der Waals surface area contributed by atoms with Crippen molar-refractivity contribution in [2.24, 2.45) is 40.4 Å². The van der Waals surface area contributed by atoms with Crippen molar-refractivity contribution in [3.63, 3.8) is 0 Å². The number of hydroxylamine groups is 1. The van der Waals surface area contributed by atoms with Gasteiger partial charge >= 0.3 is 0 Å². The third-order valence-electron chi connectivity index (χ3n) is 11.9. The van der Waals surface area contributed by atoms with Crippen LogP contribution in [0.1, 0.15) is 92.4 Å². The molecule has 9 atom stereocenters. The van der Waals surface area contributed by atoms with Crippen molar-refractivity contribution in [3.8, 4) is 0 Å². The number of hydrogen-bond donors (Lipinski definition) is 1. The summed E-state index contributed by atoms with van der Waals surface area (Å²) in [5, 5.41) is 24.0. The summed E-state index contributed by atoms with van der Waals surface area (Å²) in [5.41, 5.74) is 6.08. The molecule has 0 aromatic heterocycles. The molecule has 5 aliphatic rings. The second-order valence-electron chi connectivity index (χ2n) is 13.9. The Balaban J connectivity index is 1.37. The fraction of sp³-hybridized carbons (Fsp3) is 0.839. The molecule has 0 spiro atoms. The Kier molecular flexibility index (Phi) is 6.57. The largest absolute Gasteiger partial charge is 0.624 e. The van der Waals surface area contributed by atoms with Crippen molar-refractivity contribution in [1.29, 1.82) is 0 Å². The third-order valence-corrected chi connectivity index (χ3v) is 11.9. The molecular formula is C31H50N2O2. The van der Waals surface area contributed by atoms with E-state index in [4.69, 9.17) is 0 Å². The smallest absolute Gasteiger partial charge is 0.190 e. The fourth-order valence-corrected chi connectivity index (χ4v) is 9.96. The van der Waals surface area contributed by atoms with Gasteiger partial charge in [-0.05, 0) is 113 Å². The van der Waals surface area contributed by atoms with Gasteiger partial charge in [-0.3, -0.25) is 0 Å². The van der Waals surface area contributed by atoms with Gasteiger partial charge in [-0.1, -0.05) is 38.0 Å². The van der Waals surface area contributed by atoms with Crippen LogP contribution in [0, 0.1) is 45.6 Å². The molecule has 1 unspecified atom stereocenters. The monoisotopic (exact) mass is 482 g/mol. The Morgan fingerprint density at radius 3 is 2.49 bits per heavy atom. The van der Waals surface area contributed by atoms with E-state index in [1.54, 1.807) is 5.57 Å². The zero-order chi connectivity index (χ0) is 25.3. The van der Waals surface area contributed by atoms with Crippen molar-refractivity contribution in [1.82, 2.24) is 4.90 Å². The summed E-state index contributed by atoms with van der Waals surface area (Å²) >= 11 is 0. The van der Waals surface area contributed by atoms with Gasteiger partial charge in [-0.2, -0.15) is 0 Å². The van der Waals surface area contributed by atoms with Gasteiger partial charge in [0.25, 0.3) is 0 Å². The molecule has 1 aliphatic heterocycles. The molecule has 3 saturated carbocycles. The van der Waals surface area contributed by atoms with Crippen molar-refractivity contribution in [3.05, 3.63) is 28.0 Å². The number of aliphatic hydroxyl groups is 1. The first-order chi connectivity index (χ1) is 16.5. The van der Waals surface area contributed by atoms with Crippen LogP contribution in [0.5, 0.6) is 0 Å². The first-order valence-electron chi connectivity index (χ1n) is 14.5. The van der Waals surface area contributed by atoms with E-state index in [1.807, 2.05) is 0 Å². The van der Waals surface area contributed by atoms with E-state index in [9.17, 15) is 10.3 Å². The average molecular weight is 483 g/mol. The highest BCUT2D eigenvalue weighted by atomic mass is 16.5. The predicted octanol–water partition coefficient (Wildman–Crippen LogP) is 6.18. The normalized spacial score (nSPS) is 44.1. The Morgan fingerprint density at radius 2 is 1.80 bits per heavy atom. The number of rotatable bonds is 4. The highest BCUT2D eigenvalue weighted by Gasteiger charge is 2.60. The van der Waals surface area contributed by atoms with Gasteiger partial charge in [0.1, 0.15) is 0 Å². The van der Waals surface area contributed by atoms with Crippen LogP contribution in [0.4, 0.5) is 0 Å². The van der Waals surface area contributed by atoms with Crippen LogP contribution in [0.15, 0.2) is 22.8 Å². The lowest BCUT2D eigenvalue weighted by Crippen LogP contribution is -2.57. The van der Waals surface area contributed by atoms with Crippen LogP contribution in [0.3, 0.4) is 0 Å². The van der Waals surface area contributed by atoms with E-state index in [0.717, 1.165) is 31.4 Å². The summed E-state index contributed by atoms with van der Waals surface area (Å²) in [6, 6.07) is 0.299. The number of fused-ring (bicyclic) bond motifs is 5. The minimum Gasteiger partial charge on any atom is -0.624 e. The van der Waals surface area contributed by atoms with Gasteiger partial charge in [0.2, 0.25) is 0 Å². The van der Waals surface area contributed by atoms with Crippen LogP contribution in [-0.4, -0.2) is 53.2 Å². The predicted molar refractivity (Wildman–Crippen MR) is 144 cm³/mol. The van der Waals surface area contributed by atoms with E-state index in [2.05, 4.69) is 59.7 Å². The molecule has 0 amide bonds. The summed E-state index contributed by atoms with van der Waals surface area (Å²) in [5.74, 6) is 2.96. The van der Waals surface area contributed by atoms with E-state index < -0.39 is 0 Å². The Bertz CT molecular complexity index is 944. The van der Waals surface area contributed by atoms with Crippen LogP contribution in [0.25, 0.3) is 0 Å². The van der Waals surface area contributed by atoms with Crippen molar-refractivity contribution < 1.29 is 9.85 Å². The quantitative estimate of drug-likeness (QED) is 0.295. The summed E-state index contributed by atoms with van der Waals surface area (Å²) in [4.78, 5) is 2.25. The van der Waals surface area contributed by atoms with Crippen LogP contribution in [-0.2, 0) is 0 Å². The van der Waals surface area contributed by atoms with E-state index in [-0.39, 0.29) is 11.5 Å². The lowest BCUT2D eigenvalue weighted by atomic mass is 9.47. The van der Waals surface area contributed by atoms with Gasteiger partial charge in [-0.15, -0.1) is 0 Å². The minimum atomic E-state index is -0.214. The Labute approximate surface area is 214 Å². The molecule has 0 bridgehead atoms. The average Bonchev–Trinajstić information content (AvgIpc) is 3.33. The van der Waals surface area contributed by atoms with Gasteiger partial charge in [0.05, 0.1) is 6.10 Å². The summed E-state index contributed by atoms with van der Waals surface area (Å²) in [7, 11) is 4.26. The second kappa shape index (κ2) is 9.01. The molecule has 4 heteroatoms. The maximum Gasteiger partial charge on any atom is 0.190 e. The molecule has 0 saturated heterocycles. The van der Waals surface area contributed by atoms with Gasteiger partial charge < -0.3 is 15.2 Å². The maximum absolute atomic E-state index is 12.7. The summed E-state index contributed by atoms with van der Waals surface area (Å²) < 4.78 is 1.30. The van der Waals surface area contributed by atoms with Crippen LogP contribution in [0.2, 0.25) is 0 Å². The number of hydrogen-bond acceptors (Lipinski definition) is 3. The Hall–Kier alpha value is -1.13. The van der Waals surface area contributed by atoms with Crippen molar-refractivity contribution >= 4 is 5.71 Å². The second-order valence-corrected chi connectivity index (χ2v) is 13.9. The molecule has 4 nitrogen and oxygen atoms in total. The minimum absolute atomic E-state index is 0.214. The molecule has 3 fully saturated rings. The molecule has 196 valence electrons. The molecule has 5 rings (SSSR count). The van der Waals surface area contributed by atoms with Crippen molar-refractivity contribution in [2.45, 2.75) is 105 Å². The highest BCUT2D eigenvalue weighted by molar-refractivity contribution is 5.98. The number of nitrogens with zero attached hydrogens (tertiary/aromatic N) is 2. The number of likely N-dealkylation sites (N-methyl/N-ethyl adjacent to an activating group) is 1. The molecule has 0 radical (unpaired) electrons. The SMILES string of the molecule is CC(C)=C1CC[N+]([O-])=C1C[C@@H](C)[C@H]1CC[C@H]2C3=CCC4[C@@H](O)[C@@H](N(C)C)CC[C@]4(C)[C@H]3CC[C@]12C. The highest BCUT2D eigenvalue weighted by Crippen LogP contribution is 2.67. The molecule has 4 aliphatic carbocycles. The first-order valence-corrected chi connectivity index (χ1v) is 14.5. The first kappa shape index (κ1) is 25.5. The van der Waals surface area contributed by atoms with Crippen LogP contribution >= 0.6 is 0 Å². The van der Waals surface area contributed by atoms with Crippen molar-refractivity contribution in [2.75, 3.05) is 20.6 Å². The fourth-order valence-electron chi connectivity index (χ4n) is 9.96. The number of allylic oxidation sites excluding steroid dienone is 3. The zero-order valence-corrected chi connectivity index (χ0v) is 23.4. The van der Waals surface area contributed by atoms with Gasteiger partial charge in [-0.25, -0.2) is 4.74 Å². The summed E-state index contributed by atoms with van der Waals surface area (Å²) in [6.45, 7) is 12.5. The van der Waals surface area contributed by atoms with E-state index >= 15 is 0 Å². The van der Waals surface area contributed by atoms with Gasteiger partial charge in [0.15, 0.2) is 12.3 Å². The molecule has 1 heterocycles. The van der Waals surface area contributed by atoms with Gasteiger partial charge in [0, 0.05) is 24.5 Å². The molecule has 0 aromatic carbocycles. The Morgan fingerprint density at radius 1 is 1.11 bits per heavy atom. The lowest BCUT2D eigenvalue weighted by molar-refractivity contribution is -0.449. The topological polar surface area (TPSA) is 49.5 Å². The standard InChI is InChI=1S/C31H50N2O2/c1-19(2)21-14-17-33(35)28(21)18-20(3)23-10-11-24-22-8-9-26-29(34)27(32(6)7)13-16-31(26,5)25(22)12-15-30(23,24)4/h8,20,23-27,29,34H,9-18H2,1-7H3/t20-,23-,24+,25+,26?,27+,29-,30-,31-/m1/s1.